The van der Waals surface area contributed by atoms with Gasteiger partial charge in [0.15, 0.2) is 0 Å². The molecule has 0 unspecified atom stereocenters. The average Bonchev–Trinajstić information content (AvgIpc) is 2.48. The van der Waals surface area contributed by atoms with E-state index in [1.165, 1.54) is 0 Å². The van der Waals surface area contributed by atoms with Gasteiger partial charge in [-0.1, -0.05) is 36.9 Å². The quantitative estimate of drug-likeness (QED) is 0.814. The Bertz CT molecular complexity index is 677. The molecule has 0 radical (unpaired) electrons. The lowest BCUT2D eigenvalue weighted by atomic mass is 10.1. The summed E-state index contributed by atoms with van der Waals surface area (Å²) in [6.07, 6.45) is 0.365. The van der Waals surface area contributed by atoms with E-state index in [1.807, 2.05) is 62.4 Å². The number of nitrogens with one attached hydrogen (secondary N) is 1. The minimum atomic E-state index is -0.0358. The molecular weight excluding hydrogens is 274 g/mol. The number of carbonyl (C=O) groups excluding carboxylic acids is 1. The van der Waals surface area contributed by atoms with Crippen LogP contribution in [0.5, 0.6) is 5.75 Å². The zero-order valence-electron chi connectivity index (χ0n) is 13.1. The zero-order valence-corrected chi connectivity index (χ0v) is 13.1. The Hall–Kier alpha value is -2.55. The van der Waals surface area contributed by atoms with E-state index in [1.54, 1.807) is 0 Å². The van der Waals surface area contributed by atoms with Gasteiger partial charge in [-0.3, -0.25) is 4.79 Å². The van der Waals surface area contributed by atoms with Gasteiger partial charge < -0.3 is 10.1 Å². The van der Waals surface area contributed by atoms with Gasteiger partial charge in [-0.05, 0) is 42.7 Å². The molecule has 0 bridgehead atoms. The van der Waals surface area contributed by atoms with Crippen LogP contribution < -0.4 is 10.1 Å². The summed E-state index contributed by atoms with van der Waals surface area (Å²) in [6.45, 7) is 8.19. The first kappa shape index (κ1) is 15.8. The second-order valence-corrected chi connectivity index (χ2v) is 5.43. The Morgan fingerprint density at radius 3 is 2.68 bits per heavy atom. The summed E-state index contributed by atoms with van der Waals surface area (Å²) in [5.74, 6) is 0.683. The smallest absolute Gasteiger partial charge is 0.228 e. The van der Waals surface area contributed by atoms with Gasteiger partial charge in [0.2, 0.25) is 5.91 Å². The van der Waals surface area contributed by atoms with Crippen molar-refractivity contribution in [3.05, 3.63) is 71.8 Å². The molecule has 0 spiro atoms. The number of ether oxygens (including phenoxy) is 1. The largest absolute Gasteiger partial charge is 0.489 e. The third-order valence-corrected chi connectivity index (χ3v) is 3.22. The first-order valence-corrected chi connectivity index (χ1v) is 7.26. The van der Waals surface area contributed by atoms with E-state index in [-0.39, 0.29) is 5.91 Å². The molecular formula is C19H21NO2. The van der Waals surface area contributed by atoms with E-state index < -0.39 is 0 Å². The summed E-state index contributed by atoms with van der Waals surface area (Å²) in [7, 11) is 0. The molecule has 2 rings (SSSR count). The minimum absolute atomic E-state index is 0.0358. The van der Waals surface area contributed by atoms with Crippen LogP contribution in [-0.4, -0.2) is 12.5 Å². The lowest BCUT2D eigenvalue weighted by Gasteiger charge is -2.10. The molecule has 0 fully saturated rings. The molecule has 1 N–H and O–H groups in total. The van der Waals surface area contributed by atoms with Crippen LogP contribution in [0.15, 0.2) is 60.7 Å². The summed E-state index contributed by atoms with van der Waals surface area (Å²) in [6, 6.07) is 15.3. The Labute approximate surface area is 131 Å². The van der Waals surface area contributed by atoms with E-state index in [9.17, 15) is 4.79 Å². The third-order valence-electron chi connectivity index (χ3n) is 3.22. The molecule has 3 heteroatoms. The molecule has 1 amide bonds. The van der Waals surface area contributed by atoms with Gasteiger partial charge in [-0.25, -0.2) is 0 Å². The van der Waals surface area contributed by atoms with Crippen molar-refractivity contribution in [3.63, 3.8) is 0 Å². The van der Waals surface area contributed by atoms with Crippen molar-refractivity contribution in [3.8, 4) is 5.75 Å². The van der Waals surface area contributed by atoms with Crippen LogP contribution >= 0.6 is 0 Å². The highest BCUT2D eigenvalue weighted by Gasteiger charge is 2.06. The monoisotopic (exact) mass is 295 g/mol. The molecule has 114 valence electrons. The highest BCUT2D eigenvalue weighted by molar-refractivity contribution is 5.92. The molecule has 0 aliphatic rings. The number of hydrogen-bond acceptors (Lipinski definition) is 2. The van der Waals surface area contributed by atoms with E-state index in [4.69, 9.17) is 4.74 Å². The lowest BCUT2D eigenvalue weighted by molar-refractivity contribution is -0.115. The summed E-state index contributed by atoms with van der Waals surface area (Å²) >= 11 is 0. The van der Waals surface area contributed by atoms with Crippen molar-refractivity contribution in [2.75, 3.05) is 11.9 Å². The molecule has 22 heavy (non-hydrogen) atoms. The van der Waals surface area contributed by atoms with Crippen LogP contribution in [-0.2, 0) is 11.2 Å². The predicted octanol–water partition coefficient (Wildman–Crippen LogP) is 4.13. The van der Waals surface area contributed by atoms with Crippen molar-refractivity contribution in [1.82, 2.24) is 0 Å². The normalized spacial score (nSPS) is 10.1. The Morgan fingerprint density at radius 1 is 1.18 bits per heavy atom. The minimum Gasteiger partial charge on any atom is -0.489 e. The molecule has 0 saturated heterocycles. The fourth-order valence-corrected chi connectivity index (χ4v) is 2.06. The molecule has 0 aliphatic carbocycles. The van der Waals surface area contributed by atoms with Crippen molar-refractivity contribution in [2.45, 2.75) is 20.3 Å². The van der Waals surface area contributed by atoms with E-state index in [0.29, 0.717) is 13.0 Å². The molecule has 0 atom stereocenters. The van der Waals surface area contributed by atoms with Gasteiger partial charge in [0, 0.05) is 11.8 Å². The van der Waals surface area contributed by atoms with Gasteiger partial charge in [-0.2, -0.15) is 0 Å². The number of benzene rings is 2. The molecule has 0 saturated carbocycles. The highest BCUT2D eigenvalue weighted by Crippen LogP contribution is 2.18. The molecule has 2 aromatic carbocycles. The van der Waals surface area contributed by atoms with Gasteiger partial charge in [0.25, 0.3) is 0 Å². The van der Waals surface area contributed by atoms with Gasteiger partial charge in [-0.15, -0.1) is 0 Å². The number of carbonyl (C=O) groups is 1. The van der Waals surface area contributed by atoms with Crippen LogP contribution in [0, 0.1) is 6.92 Å². The van der Waals surface area contributed by atoms with Crippen molar-refractivity contribution in [1.29, 1.82) is 0 Å². The molecule has 3 nitrogen and oxygen atoms in total. The molecule has 0 aliphatic heterocycles. The second kappa shape index (κ2) is 7.46. The fourth-order valence-electron chi connectivity index (χ4n) is 2.06. The number of anilines is 1. The lowest BCUT2D eigenvalue weighted by Crippen LogP contribution is -2.15. The summed E-state index contributed by atoms with van der Waals surface area (Å²) < 4.78 is 5.58. The second-order valence-electron chi connectivity index (χ2n) is 5.43. The van der Waals surface area contributed by atoms with E-state index >= 15 is 0 Å². The van der Waals surface area contributed by atoms with Crippen molar-refractivity contribution in [2.24, 2.45) is 0 Å². The standard InChI is InChI=1S/C19H21NO2/c1-14(2)13-22-18-10-6-9-17(12-18)20-19(21)11-16-8-5-4-7-15(16)3/h4-10,12H,1,11,13H2,2-3H3,(H,20,21). The summed E-state index contributed by atoms with van der Waals surface area (Å²) in [4.78, 5) is 12.1. The molecule has 0 aromatic heterocycles. The number of amides is 1. The SMILES string of the molecule is C=C(C)COc1cccc(NC(=O)Cc2ccccc2C)c1. The van der Waals surface area contributed by atoms with Crippen LogP contribution in [0.4, 0.5) is 5.69 Å². The Balaban J connectivity index is 1.98. The average molecular weight is 295 g/mol. The summed E-state index contributed by atoms with van der Waals surface area (Å²) in [5.41, 5.74) is 3.85. The molecule has 0 heterocycles. The van der Waals surface area contributed by atoms with Crippen LogP contribution in [0.1, 0.15) is 18.1 Å². The van der Waals surface area contributed by atoms with E-state index in [0.717, 1.165) is 28.1 Å². The van der Waals surface area contributed by atoms with Gasteiger partial charge in [0.05, 0.1) is 6.42 Å². The fraction of sp³-hybridized carbons (Fsp3) is 0.211. The zero-order chi connectivity index (χ0) is 15.9. The maximum atomic E-state index is 12.1. The Kier molecular flexibility index (Phi) is 5.37. The number of hydrogen-bond donors (Lipinski definition) is 1. The predicted molar refractivity (Wildman–Crippen MR) is 90.3 cm³/mol. The van der Waals surface area contributed by atoms with Crippen LogP contribution in [0.2, 0.25) is 0 Å². The summed E-state index contributed by atoms with van der Waals surface area (Å²) in [5, 5.41) is 2.90. The number of aryl methyl sites for hydroxylation is 1. The maximum absolute atomic E-state index is 12.1. The van der Waals surface area contributed by atoms with Crippen LogP contribution in [0.3, 0.4) is 0 Å². The first-order chi connectivity index (χ1) is 10.5. The first-order valence-electron chi connectivity index (χ1n) is 7.26. The third kappa shape index (κ3) is 4.77. The van der Waals surface area contributed by atoms with E-state index in [2.05, 4.69) is 11.9 Å². The topological polar surface area (TPSA) is 38.3 Å². The number of rotatable bonds is 6. The highest BCUT2D eigenvalue weighted by atomic mass is 16.5. The van der Waals surface area contributed by atoms with Gasteiger partial charge in [0.1, 0.15) is 12.4 Å². The maximum Gasteiger partial charge on any atom is 0.228 e. The van der Waals surface area contributed by atoms with Crippen LogP contribution in [0.25, 0.3) is 0 Å². The van der Waals surface area contributed by atoms with Gasteiger partial charge >= 0.3 is 0 Å². The van der Waals surface area contributed by atoms with Crippen molar-refractivity contribution < 1.29 is 9.53 Å². The Morgan fingerprint density at radius 2 is 1.95 bits per heavy atom. The van der Waals surface area contributed by atoms with Crippen molar-refractivity contribution >= 4 is 11.6 Å². The molecule has 2 aromatic rings.